The number of aromatic nitrogens is 4. The zero-order chi connectivity index (χ0) is 20.1. The van der Waals surface area contributed by atoms with Crippen LogP contribution in [0.25, 0.3) is 21.8 Å². The molecule has 0 fully saturated rings. The van der Waals surface area contributed by atoms with E-state index in [4.69, 9.17) is 5.73 Å². The molecule has 10 nitrogen and oxygen atoms in total. The Bertz CT molecular complexity index is 1150. The number of fused-ring (bicyclic) bond motifs is 2. The average Bonchev–Trinajstić information content (AvgIpc) is 2.72. The Hall–Kier alpha value is -4.08. The normalized spacial score (nSPS) is 10.2. The molecule has 2 aromatic carbocycles. The summed E-state index contributed by atoms with van der Waals surface area (Å²) in [4.78, 5) is 26.4. The van der Waals surface area contributed by atoms with E-state index in [0.717, 1.165) is 22.4 Å². The van der Waals surface area contributed by atoms with E-state index in [1.54, 1.807) is 13.1 Å². The fourth-order valence-electron chi connectivity index (χ4n) is 2.63. The fourth-order valence-corrected chi connectivity index (χ4v) is 2.63. The molecule has 0 saturated heterocycles. The van der Waals surface area contributed by atoms with Crippen LogP contribution < -0.4 is 16.4 Å². The van der Waals surface area contributed by atoms with E-state index in [9.17, 15) is 10.1 Å². The van der Waals surface area contributed by atoms with Crippen molar-refractivity contribution in [3.05, 3.63) is 59.2 Å². The molecule has 2 aromatic heterocycles. The van der Waals surface area contributed by atoms with Crippen LogP contribution in [-0.2, 0) is 0 Å². The van der Waals surface area contributed by atoms with Crippen LogP contribution >= 0.6 is 0 Å². The number of nitro benzene ring substituents is 1. The summed E-state index contributed by atoms with van der Waals surface area (Å²) in [5.41, 5.74) is 8.00. The second kappa shape index (κ2) is 8.08. The quantitative estimate of drug-likeness (QED) is 0.278. The minimum absolute atomic E-state index is 0.0359. The molecule has 0 unspecified atom stereocenters. The third kappa shape index (κ3) is 3.85. The van der Waals surface area contributed by atoms with E-state index in [-0.39, 0.29) is 5.69 Å². The predicted molar refractivity (Wildman–Crippen MR) is 109 cm³/mol. The Balaban J connectivity index is 0.000000162. The smallest absolute Gasteiger partial charge is 0.270 e. The van der Waals surface area contributed by atoms with Crippen LogP contribution in [0.2, 0.25) is 0 Å². The predicted octanol–water partition coefficient (Wildman–Crippen LogP) is 2.83. The van der Waals surface area contributed by atoms with Crippen molar-refractivity contribution in [3.8, 4) is 0 Å². The number of nitro groups is 1. The largest absolute Gasteiger partial charge is 0.399 e. The SMILES string of the molecule is CNc1ncnc2ccc(N)cc12.CNc1ncnc2ccc([N+](=O)[O-])cc12. The number of nitrogens with two attached hydrogens (primary N) is 1. The molecule has 4 rings (SSSR count). The van der Waals surface area contributed by atoms with Gasteiger partial charge in [0.25, 0.3) is 5.69 Å². The number of hydrogen-bond acceptors (Lipinski definition) is 9. The Morgan fingerprint density at radius 2 is 1.39 bits per heavy atom. The molecular weight excluding hydrogens is 360 g/mol. The van der Waals surface area contributed by atoms with Crippen LogP contribution in [0, 0.1) is 10.1 Å². The van der Waals surface area contributed by atoms with Gasteiger partial charge < -0.3 is 16.4 Å². The lowest BCUT2D eigenvalue weighted by Gasteiger charge is -2.03. The second-order valence-corrected chi connectivity index (χ2v) is 5.68. The maximum absolute atomic E-state index is 10.6. The van der Waals surface area contributed by atoms with Gasteiger partial charge in [-0.25, -0.2) is 19.9 Å². The molecular formula is C18H18N8O2. The second-order valence-electron chi connectivity index (χ2n) is 5.68. The van der Waals surface area contributed by atoms with E-state index in [1.807, 2.05) is 25.2 Å². The third-order valence-corrected chi connectivity index (χ3v) is 3.96. The van der Waals surface area contributed by atoms with Crippen molar-refractivity contribution < 1.29 is 4.92 Å². The van der Waals surface area contributed by atoms with Crippen LogP contribution in [-0.4, -0.2) is 39.0 Å². The summed E-state index contributed by atoms with van der Waals surface area (Å²) < 4.78 is 0. The van der Waals surface area contributed by atoms with Crippen LogP contribution in [0.4, 0.5) is 23.0 Å². The molecule has 0 aliphatic heterocycles. The molecule has 4 aromatic rings. The van der Waals surface area contributed by atoms with Gasteiger partial charge in [0.2, 0.25) is 0 Å². The highest BCUT2D eigenvalue weighted by atomic mass is 16.6. The molecule has 0 aliphatic rings. The Morgan fingerprint density at radius 1 is 0.857 bits per heavy atom. The van der Waals surface area contributed by atoms with Crippen molar-refractivity contribution >= 4 is 44.8 Å². The summed E-state index contributed by atoms with van der Waals surface area (Å²) in [6.45, 7) is 0. The number of nitrogens with one attached hydrogen (secondary N) is 2. The van der Waals surface area contributed by atoms with Crippen molar-refractivity contribution in [3.63, 3.8) is 0 Å². The van der Waals surface area contributed by atoms with Crippen LogP contribution in [0.3, 0.4) is 0 Å². The number of rotatable bonds is 3. The number of anilines is 3. The van der Waals surface area contributed by atoms with Gasteiger partial charge in [-0.3, -0.25) is 10.1 Å². The number of nitrogens with zero attached hydrogens (tertiary/aromatic N) is 5. The van der Waals surface area contributed by atoms with Gasteiger partial charge in [-0.15, -0.1) is 0 Å². The van der Waals surface area contributed by atoms with Crippen molar-refractivity contribution in [2.75, 3.05) is 30.5 Å². The topological polar surface area (TPSA) is 145 Å². The summed E-state index contributed by atoms with van der Waals surface area (Å²) in [6, 6.07) is 10.1. The van der Waals surface area contributed by atoms with Crippen molar-refractivity contribution in [1.29, 1.82) is 0 Å². The highest BCUT2D eigenvalue weighted by molar-refractivity contribution is 5.91. The summed E-state index contributed by atoms with van der Waals surface area (Å²) in [5, 5.41) is 18.0. The summed E-state index contributed by atoms with van der Waals surface area (Å²) in [7, 11) is 3.53. The molecule has 2 heterocycles. The highest BCUT2D eigenvalue weighted by Gasteiger charge is 2.09. The molecule has 0 saturated carbocycles. The van der Waals surface area contributed by atoms with E-state index in [2.05, 4.69) is 30.6 Å². The van der Waals surface area contributed by atoms with Gasteiger partial charge in [-0.1, -0.05) is 0 Å². The van der Waals surface area contributed by atoms with Crippen LogP contribution in [0.1, 0.15) is 0 Å². The lowest BCUT2D eigenvalue weighted by molar-refractivity contribution is -0.384. The number of benzene rings is 2. The van der Waals surface area contributed by atoms with Gasteiger partial charge in [0.05, 0.1) is 16.0 Å². The number of nitrogen functional groups attached to an aromatic ring is 1. The van der Waals surface area contributed by atoms with Crippen LogP contribution in [0.15, 0.2) is 49.1 Å². The average molecular weight is 378 g/mol. The molecule has 0 bridgehead atoms. The van der Waals surface area contributed by atoms with Crippen molar-refractivity contribution in [2.45, 2.75) is 0 Å². The zero-order valence-electron chi connectivity index (χ0n) is 15.2. The van der Waals surface area contributed by atoms with E-state index >= 15 is 0 Å². The lowest BCUT2D eigenvalue weighted by Crippen LogP contribution is -1.95. The number of hydrogen-bond donors (Lipinski definition) is 3. The van der Waals surface area contributed by atoms with Crippen molar-refractivity contribution in [2.24, 2.45) is 0 Å². The molecule has 142 valence electrons. The first-order valence-corrected chi connectivity index (χ1v) is 8.28. The first kappa shape index (κ1) is 18.7. The fraction of sp³-hybridized carbons (Fsp3) is 0.111. The standard InChI is InChI=1S/C9H8N4O2.C9H10N4/c1-10-9-7-4-6(13(14)15)2-3-8(7)11-5-12-9;1-11-9-7-4-6(10)2-3-8(7)12-5-13-9/h2-5H,1H3,(H,10,11,12);2-5H,10H2,1H3,(H,11,12,13). The molecule has 0 radical (unpaired) electrons. The summed E-state index contributed by atoms with van der Waals surface area (Å²) >= 11 is 0. The highest BCUT2D eigenvalue weighted by Crippen LogP contribution is 2.23. The molecule has 10 heteroatoms. The summed E-state index contributed by atoms with van der Waals surface area (Å²) in [5.74, 6) is 1.39. The molecule has 0 amide bonds. The molecule has 4 N–H and O–H groups in total. The first-order valence-electron chi connectivity index (χ1n) is 8.28. The van der Waals surface area contributed by atoms with Gasteiger partial charge in [0, 0.05) is 42.7 Å². The zero-order valence-corrected chi connectivity index (χ0v) is 15.2. The minimum atomic E-state index is -0.439. The Kier molecular flexibility index (Phi) is 5.40. The molecule has 28 heavy (non-hydrogen) atoms. The number of non-ortho nitro benzene ring substituents is 1. The van der Waals surface area contributed by atoms with Gasteiger partial charge in [-0.2, -0.15) is 0 Å². The Labute approximate surface area is 160 Å². The maximum atomic E-state index is 10.6. The van der Waals surface area contributed by atoms with Crippen LogP contribution in [0.5, 0.6) is 0 Å². The molecule has 0 spiro atoms. The molecule has 0 aliphatic carbocycles. The molecule has 0 atom stereocenters. The lowest BCUT2D eigenvalue weighted by atomic mass is 10.2. The monoisotopic (exact) mass is 378 g/mol. The maximum Gasteiger partial charge on any atom is 0.270 e. The summed E-state index contributed by atoms with van der Waals surface area (Å²) in [6.07, 6.45) is 2.95. The third-order valence-electron chi connectivity index (χ3n) is 3.96. The Morgan fingerprint density at radius 3 is 1.93 bits per heavy atom. The minimum Gasteiger partial charge on any atom is -0.399 e. The van der Waals surface area contributed by atoms with E-state index < -0.39 is 4.92 Å². The van der Waals surface area contributed by atoms with Gasteiger partial charge in [0.15, 0.2) is 0 Å². The van der Waals surface area contributed by atoms with E-state index in [0.29, 0.717) is 16.7 Å². The van der Waals surface area contributed by atoms with Gasteiger partial charge >= 0.3 is 0 Å². The van der Waals surface area contributed by atoms with E-state index in [1.165, 1.54) is 24.8 Å². The van der Waals surface area contributed by atoms with Gasteiger partial charge in [-0.05, 0) is 24.3 Å². The van der Waals surface area contributed by atoms with Gasteiger partial charge in [0.1, 0.15) is 24.3 Å². The first-order chi connectivity index (χ1) is 13.5. The van der Waals surface area contributed by atoms with Crippen molar-refractivity contribution in [1.82, 2.24) is 19.9 Å².